The summed E-state index contributed by atoms with van der Waals surface area (Å²) in [7, 11) is 0. The van der Waals surface area contributed by atoms with Gasteiger partial charge in [0.25, 0.3) is 0 Å². The van der Waals surface area contributed by atoms with Crippen LogP contribution in [0.1, 0.15) is 30.9 Å². The molecule has 0 aliphatic heterocycles. The minimum Gasteiger partial charge on any atom is -0.327 e. The van der Waals surface area contributed by atoms with Gasteiger partial charge in [-0.05, 0) is 23.1 Å². The number of rotatable bonds is 1. The molecule has 0 amide bonds. The first-order chi connectivity index (χ1) is 6.57. The number of benzene rings is 1. The van der Waals surface area contributed by atoms with Crippen molar-refractivity contribution in [1.29, 1.82) is 5.26 Å². The highest BCUT2D eigenvalue weighted by molar-refractivity contribution is 5.40. The van der Waals surface area contributed by atoms with Crippen LogP contribution in [0.25, 0.3) is 0 Å². The highest BCUT2D eigenvalue weighted by Gasteiger charge is 2.56. The van der Waals surface area contributed by atoms with E-state index in [1.165, 1.54) is 5.56 Å². The monoisotopic (exact) mass is 186 g/mol. The second-order valence-corrected chi connectivity index (χ2v) is 4.56. The third kappa shape index (κ3) is 1.21. The SMILES string of the molecule is CC1(C)[C@H](N)[C@H]1c1cccc(C#N)c1. The largest absolute Gasteiger partial charge is 0.327 e. The van der Waals surface area contributed by atoms with Crippen molar-refractivity contribution in [2.24, 2.45) is 11.1 Å². The van der Waals surface area contributed by atoms with Gasteiger partial charge in [0, 0.05) is 12.0 Å². The van der Waals surface area contributed by atoms with E-state index >= 15 is 0 Å². The lowest BCUT2D eigenvalue weighted by Crippen LogP contribution is -2.06. The quantitative estimate of drug-likeness (QED) is 0.729. The fourth-order valence-electron chi connectivity index (χ4n) is 2.12. The summed E-state index contributed by atoms with van der Waals surface area (Å²) in [5, 5.41) is 8.78. The maximum Gasteiger partial charge on any atom is 0.0991 e. The standard InChI is InChI=1S/C12H14N2/c1-12(2)10(11(12)14)9-5-3-4-8(6-9)7-13/h3-6,10-11H,14H2,1-2H3/t10-,11-/m1/s1. The van der Waals surface area contributed by atoms with Crippen molar-refractivity contribution >= 4 is 0 Å². The van der Waals surface area contributed by atoms with E-state index in [-0.39, 0.29) is 11.5 Å². The Labute approximate surface area is 84.3 Å². The Balaban J connectivity index is 2.32. The van der Waals surface area contributed by atoms with Crippen molar-refractivity contribution in [3.05, 3.63) is 35.4 Å². The van der Waals surface area contributed by atoms with E-state index in [4.69, 9.17) is 11.0 Å². The van der Waals surface area contributed by atoms with Gasteiger partial charge in [-0.2, -0.15) is 5.26 Å². The van der Waals surface area contributed by atoms with E-state index in [1.807, 2.05) is 18.2 Å². The van der Waals surface area contributed by atoms with Crippen molar-refractivity contribution in [1.82, 2.24) is 0 Å². The lowest BCUT2D eigenvalue weighted by atomic mass is 10.0. The van der Waals surface area contributed by atoms with Crippen LogP contribution in [0.4, 0.5) is 0 Å². The molecule has 1 fully saturated rings. The summed E-state index contributed by atoms with van der Waals surface area (Å²) in [6, 6.07) is 10.1. The van der Waals surface area contributed by atoms with Gasteiger partial charge in [0.05, 0.1) is 11.6 Å². The minimum absolute atomic E-state index is 0.189. The zero-order valence-electron chi connectivity index (χ0n) is 8.49. The molecule has 0 heterocycles. The molecule has 0 spiro atoms. The second-order valence-electron chi connectivity index (χ2n) is 4.56. The third-order valence-corrected chi connectivity index (χ3v) is 3.29. The van der Waals surface area contributed by atoms with E-state index < -0.39 is 0 Å². The predicted octanol–water partition coefficient (Wildman–Crippen LogP) is 2.01. The minimum atomic E-state index is 0.189. The van der Waals surface area contributed by atoms with Gasteiger partial charge in [-0.25, -0.2) is 0 Å². The Kier molecular flexibility index (Phi) is 1.87. The molecule has 1 aliphatic rings. The van der Waals surface area contributed by atoms with Crippen LogP contribution in [0.2, 0.25) is 0 Å². The molecular formula is C12H14N2. The average molecular weight is 186 g/mol. The summed E-state index contributed by atoms with van der Waals surface area (Å²) >= 11 is 0. The summed E-state index contributed by atoms with van der Waals surface area (Å²) in [4.78, 5) is 0. The molecule has 0 aromatic heterocycles. The molecule has 72 valence electrons. The molecule has 0 bridgehead atoms. The van der Waals surface area contributed by atoms with Crippen LogP contribution in [0, 0.1) is 16.7 Å². The molecule has 2 atom stereocenters. The maximum atomic E-state index is 8.78. The molecule has 0 radical (unpaired) electrons. The van der Waals surface area contributed by atoms with E-state index in [0.717, 1.165) is 5.56 Å². The zero-order valence-corrected chi connectivity index (χ0v) is 8.49. The van der Waals surface area contributed by atoms with Crippen molar-refractivity contribution in [2.75, 3.05) is 0 Å². The fraction of sp³-hybridized carbons (Fsp3) is 0.417. The summed E-state index contributed by atoms with van der Waals surface area (Å²) < 4.78 is 0. The Hall–Kier alpha value is -1.33. The fourth-order valence-corrected chi connectivity index (χ4v) is 2.12. The Bertz CT molecular complexity index is 401. The zero-order chi connectivity index (χ0) is 10.3. The van der Waals surface area contributed by atoms with Crippen LogP contribution in [0.15, 0.2) is 24.3 Å². The van der Waals surface area contributed by atoms with Crippen LogP contribution in [-0.2, 0) is 0 Å². The average Bonchev–Trinajstić information content (AvgIpc) is 2.66. The maximum absolute atomic E-state index is 8.78. The highest BCUT2D eigenvalue weighted by atomic mass is 14.8. The number of nitriles is 1. The Morgan fingerprint density at radius 3 is 2.57 bits per heavy atom. The molecule has 2 N–H and O–H groups in total. The van der Waals surface area contributed by atoms with Crippen molar-refractivity contribution in [3.8, 4) is 6.07 Å². The van der Waals surface area contributed by atoms with E-state index in [9.17, 15) is 0 Å². The first kappa shape index (κ1) is 9.23. The summed E-state index contributed by atoms with van der Waals surface area (Å²) in [5.41, 5.74) is 8.09. The van der Waals surface area contributed by atoms with Gasteiger partial charge in [0.2, 0.25) is 0 Å². The second kappa shape index (κ2) is 2.83. The first-order valence-electron chi connectivity index (χ1n) is 4.83. The van der Waals surface area contributed by atoms with E-state index in [1.54, 1.807) is 0 Å². The molecule has 14 heavy (non-hydrogen) atoms. The Morgan fingerprint density at radius 2 is 2.07 bits per heavy atom. The predicted molar refractivity (Wildman–Crippen MR) is 55.7 cm³/mol. The molecule has 1 aliphatic carbocycles. The van der Waals surface area contributed by atoms with Crippen LogP contribution in [0.5, 0.6) is 0 Å². The molecule has 2 heteroatoms. The normalized spacial score (nSPS) is 28.1. The van der Waals surface area contributed by atoms with Gasteiger partial charge in [0.1, 0.15) is 0 Å². The molecule has 1 saturated carbocycles. The van der Waals surface area contributed by atoms with Crippen molar-refractivity contribution in [2.45, 2.75) is 25.8 Å². The first-order valence-corrected chi connectivity index (χ1v) is 4.83. The third-order valence-electron chi connectivity index (χ3n) is 3.29. The van der Waals surface area contributed by atoms with E-state index in [2.05, 4.69) is 26.0 Å². The molecule has 1 aromatic rings. The molecule has 1 aromatic carbocycles. The molecule has 0 unspecified atom stereocenters. The van der Waals surface area contributed by atoms with Crippen molar-refractivity contribution in [3.63, 3.8) is 0 Å². The highest BCUT2D eigenvalue weighted by Crippen LogP contribution is 2.57. The van der Waals surface area contributed by atoms with Crippen LogP contribution in [0.3, 0.4) is 0 Å². The van der Waals surface area contributed by atoms with Gasteiger partial charge in [0.15, 0.2) is 0 Å². The molecule has 2 rings (SSSR count). The van der Waals surface area contributed by atoms with Gasteiger partial charge < -0.3 is 5.73 Å². The van der Waals surface area contributed by atoms with Crippen LogP contribution >= 0.6 is 0 Å². The molecular weight excluding hydrogens is 172 g/mol. The van der Waals surface area contributed by atoms with Gasteiger partial charge in [-0.1, -0.05) is 26.0 Å². The van der Waals surface area contributed by atoms with Gasteiger partial charge in [-0.15, -0.1) is 0 Å². The Morgan fingerprint density at radius 1 is 1.43 bits per heavy atom. The van der Waals surface area contributed by atoms with Gasteiger partial charge in [-0.3, -0.25) is 0 Å². The number of hydrogen-bond donors (Lipinski definition) is 1. The number of nitrogens with zero attached hydrogens (tertiary/aromatic N) is 1. The lowest BCUT2D eigenvalue weighted by Gasteiger charge is -2.02. The van der Waals surface area contributed by atoms with Crippen molar-refractivity contribution < 1.29 is 0 Å². The van der Waals surface area contributed by atoms with Crippen LogP contribution < -0.4 is 5.73 Å². The summed E-state index contributed by atoms with van der Waals surface area (Å²) in [5.74, 6) is 0.413. The number of hydrogen-bond acceptors (Lipinski definition) is 2. The van der Waals surface area contributed by atoms with Crippen LogP contribution in [-0.4, -0.2) is 6.04 Å². The van der Waals surface area contributed by atoms with E-state index in [0.29, 0.717) is 5.92 Å². The molecule has 2 nitrogen and oxygen atoms in total. The smallest absolute Gasteiger partial charge is 0.0991 e. The van der Waals surface area contributed by atoms with Gasteiger partial charge >= 0.3 is 0 Å². The lowest BCUT2D eigenvalue weighted by molar-refractivity contribution is 0.599. The summed E-state index contributed by atoms with van der Waals surface area (Å²) in [6.07, 6.45) is 0. The summed E-state index contributed by atoms with van der Waals surface area (Å²) in [6.45, 7) is 4.34. The topological polar surface area (TPSA) is 49.8 Å². The number of nitrogens with two attached hydrogens (primary N) is 1. The molecule has 0 saturated heterocycles.